The van der Waals surface area contributed by atoms with Crippen molar-refractivity contribution < 1.29 is 4.79 Å². The predicted octanol–water partition coefficient (Wildman–Crippen LogP) is 3.34. The Hall–Kier alpha value is 0.0200. The van der Waals surface area contributed by atoms with Crippen LogP contribution in [0.2, 0.25) is 0 Å². The molecule has 1 atom stereocenters. The third-order valence-corrected chi connectivity index (χ3v) is 3.17. The van der Waals surface area contributed by atoms with E-state index in [2.05, 4.69) is 33.4 Å². The van der Waals surface area contributed by atoms with Crippen LogP contribution in [-0.2, 0) is 4.79 Å². The monoisotopic (exact) mass is 202 g/mol. The first kappa shape index (κ1) is 13.0. The van der Waals surface area contributed by atoms with Gasteiger partial charge in [-0.25, -0.2) is 0 Å². The van der Waals surface area contributed by atoms with Gasteiger partial charge in [-0.2, -0.15) is 12.6 Å². The average Bonchev–Trinajstić information content (AvgIpc) is 1.82. The highest BCUT2D eigenvalue weighted by atomic mass is 32.1. The molecule has 0 aromatic heterocycles. The van der Waals surface area contributed by atoms with E-state index in [4.69, 9.17) is 0 Å². The van der Waals surface area contributed by atoms with Gasteiger partial charge in [-0.1, -0.05) is 41.5 Å². The van der Waals surface area contributed by atoms with Crippen molar-refractivity contribution in [1.29, 1.82) is 0 Å². The summed E-state index contributed by atoms with van der Waals surface area (Å²) in [7, 11) is 0. The van der Waals surface area contributed by atoms with E-state index in [1.165, 1.54) is 0 Å². The molecule has 0 saturated heterocycles. The van der Waals surface area contributed by atoms with Crippen LogP contribution in [0.5, 0.6) is 0 Å². The zero-order valence-electron chi connectivity index (χ0n) is 9.64. The Morgan fingerprint density at radius 3 is 1.77 bits per heavy atom. The second-order valence-electron chi connectivity index (χ2n) is 5.76. The van der Waals surface area contributed by atoms with E-state index in [9.17, 15) is 4.79 Å². The van der Waals surface area contributed by atoms with Crippen LogP contribution in [0.1, 0.15) is 48.0 Å². The van der Waals surface area contributed by atoms with Crippen molar-refractivity contribution in [1.82, 2.24) is 0 Å². The molecular formula is C11H22OS. The standard InChI is InChI=1S/C11H22OS/c1-10(2,3)8(12)7-9(13)11(4,5)6/h9,13H,7H2,1-6H3. The molecule has 1 nitrogen and oxygen atoms in total. The highest BCUT2D eigenvalue weighted by molar-refractivity contribution is 7.81. The smallest absolute Gasteiger partial charge is 0.139 e. The van der Waals surface area contributed by atoms with Crippen LogP contribution in [0.4, 0.5) is 0 Å². The molecule has 0 spiro atoms. The van der Waals surface area contributed by atoms with Gasteiger partial charge in [-0.3, -0.25) is 4.79 Å². The molecule has 0 fully saturated rings. The van der Waals surface area contributed by atoms with Gasteiger partial charge in [0.2, 0.25) is 0 Å². The molecule has 78 valence electrons. The van der Waals surface area contributed by atoms with Crippen molar-refractivity contribution in [3.63, 3.8) is 0 Å². The van der Waals surface area contributed by atoms with Gasteiger partial charge in [-0.15, -0.1) is 0 Å². The number of Topliss-reactive ketones (excluding diaryl/α,β-unsaturated/α-hetero) is 1. The molecule has 13 heavy (non-hydrogen) atoms. The van der Waals surface area contributed by atoms with Crippen molar-refractivity contribution in [3.05, 3.63) is 0 Å². The van der Waals surface area contributed by atoms with Gasteiger partial charge < -0.3 is 0 Å². The molecular weight excluding hydrogens is 180 g/mol. The first-order chi connectivity index (χ1) is 5.55. The lowest BCUT2D eigenvalue weighted by atomic mass is 9.82. The number of carbonyl (C=O) groups is 1. The molecule has 1 unspecified atom stereocenters. The summed E-state index contributed by atoms with van der Waals surface area (Å²) in [5, 5.41) is 0.152. The van der Waals surface area contributed by atoms with Crippen molar-refractivity contribution in [2.24, 2.45) is 10.8 Å². The number of carbonyl (C=O) groups excluding carboxylic acids is 1. The molecule has 0 aliphatic carbocycles. The largest absolute Gasteiger partial charge is 0.299 e. The molecule has 0 aliphatic heterocycles. The van der Waals surface area contributed by atoms with Crippen LogP contribution in [-0.4, -0.2) is 11.0 Å². The third-order valence-electron chi connectivity index (χ3n) is 2.21. The lowest BCUT2D eigenvalue weighted by Crippen LogP contribution is -2.29. The Bertz CT molecular complexity index is 183. The predicted molar refractivity (Wildman–Crippen MR) is 61.3 cm³/mol. The van der Waals surface area contributed by atoms with E-state index in [0.29, 0.717) is 12.2 Å². The SMILES string of the molecule is CC(C)(C)C(=O)CC(S)C(C)(C)C. The summed E-state index contributed by atoms with van der Waals surface area (Å²) < 4.78 is 0. The molecule has 0 aromatic carbocycles. The van der Waals surface area contributed by atoms with Crippen LogP contribution >= 0.6 is 12.6 Å². The average molecular weight is 202 g/mol. The number of rotatable bonds is 2. The fourth-order valence-corrected chi connectivity index (χ4v) is 0.954. The quantitative estimate of drug-likeness (QED) is 0.680. The fraction of sp³-hybridized carbons (Fsp3) is 0.909. The molecule has 0 aliphatic rings. The maximum atomic E-state index is 11.7. The lowest BCUT2D eigenvalue weighted by molar-refractivity contribution is -0.126. The summed E-state index contributed by atoms with van der Waals surface area (Å²) >= 11 is 4.46. The van der Waals surface area contributed by atoms with Gasteiger partial charge in [0.25, 0.3) is 0 Å². The third kappa shape index (κ3) is 4.70. The summed E-state index contributed by atoms with van der Waals surface area (Å²) in [5.74, 6) is 0.294. The molecule has 0 heterocycles. The van der Waals surface area contributed by atoms with Crippen LogP contribution in [0, 0.1) is 10.8 Å². The Kier molecular flexibility index (Phi) is 4.04. The maximum absolute atomic E-state index is 11.7. The van der Waals surface area contributed by atoms with Gasteiger partial charge in [0.15, 0.2) is 0 Å². The second kappa shape index (κ2) is 4.04. The molecule has 0 aromatic rings. The highest BCUT2D eigenvalue weighted by Crippen LogP contribution is 2.29. The van der Waals surface area contributed by atoms with E-state index in [1.807, 2.05) is 20.8 Å². The Balaban J connectivity index is 4.24. The van der Waals surface area contributed by atoms with Crippen LogP contribution in [0.25, 0.3) is 0 Å². The molecule has 0 saturated carbocycles. The van der Waals surface area contributed by atoms with Gasteiger partial charge in [0, 0.05) is 17.1 Å². The minimum absolute atomic E-state index is 0.101. The summed E-state index contributed by atoms with van der Waals surface area (Å²) in [5.41, 5.74) is -0.129. The minimum Gasteiger partial charge on any atom is -0.299 e. The van der Waals surface area contributed by atoms with Crippen LogP contribution < -0.4 is 0 Å². The number of ketones is 1. The first-order valence-electron chi connectivity index (χ1n) is 4.76. The first-order valence-corrected chi connectivity index (χ1v) is 5.28. The zero-order chi connectivity index (χ0) is 10.9. The molecule has 0 rings (SSSR count). The Labute approximate surface area is 87.7 Å². The fourth-order valence-electron chi connectivity index (χ4n) is 0.788. The maximum Gasteiger partial charge on any atom is 0.139 e. The van der Waals surface area contributed by atoms with Gasteiger partial charge in [-0.05, 0) is 5.41 Å². The normalized spacial score (nSPS) is 15.6. The second-order valence-corrected chi connectivity index (χ2v) is 6.38. The summed E-state index contributed by atoms with van der Waals surface area (Å²) in [6.07, 6.45) is 0.566. The van der Waals surface area contributed by atoms with E-state index >= 15 is 0 Å². The lowest BCUT2D eigenvalue weighted by Gasteiger charge is -2.28. The summed E-state index contributed by atoms with van der Waals surface area (Å²) in [6, 6.07) is 0. The Morgan fingerprint density at radius 1 is 1.15 bits per heavy atom. The molecule has 2 heteroatoms. The van der Waals surface area contributed by atoms with Crippen molar-refractivity contribution in [2.75, 3.05) is 0 Å². The zero-order valence-corrected chi connectivity index (χ0v) is 10.5. The minimum atomic E-state index is -0.230. The Morgan fingerprint density at radius 2 is 1.54 bits per heavy atom. The summed E-state index contributed by atoms with van der Waals surface area (Å²) in [6.45, 7) is 12.2. The van der Waals surface area contributed by atoms with Crippen LogP contribution in [0.3, 0.4) is 0 Å². The molecule has 0 radical (unpaired) electrons. The van der Waals surface area contributed by atoms with E-state index in [0.717, 1.165) is 0 Å². The van der Waals surface area contributed by atoms with Crippen molar-refractivity contribution in [2.45, 2.75) is 53.2 Å². The van der Waals surface area contributed by atoms with Crippen molar-refractivity contribution in [3.8, 4) is 0 Å². The highest BCUT2D eigenvalue weighted by Gasteiger charge is 2.28. The number of hydrogen-bond acceptors (Lipinski definition) is 2. The van der Waals surface area contributed by atoms with E-state index in [-0.39, 0.29) is 16.1 Å². The van der Waals surface area contributed by atoms with Gasteiger partial charge >= 0.3 is 0 Å². The van der Waals surface area contributed by atoms with Gasteiger partial charge in [0.1, 0.15) is 5.78 Å². The van der Waals surface area contributed by atoms with E-state index in [1.54, 1.807) is 0 Å². The molecule has 0 N–H and O–H groups in total. The van der Waals surface area contributed by atoms with Gasteiger partial charge in [0.05, 0.1) is 0 Å². The van der Waals surface area contributed by atoms with Crippen LogP contribution in [0.15, 0.2) is 0 Å². The molecule has 0 bridgehead atoms. The number of thiol groups is 1. The topological polar surface area (TPSA) is 17.1 Å². The number of hydrogen-bond donors (Lipinski definition) is 1. The van der Waals surface area contributed by atoms with E-state index < -0.39 is 0 Å². The summed E-state index contributed by atoms with van der Waals surface area (Å²) in [4.78, 5) is 11.7. The van der Waals surface area contributed by atoms with Crippen molar-refractivity contribution >= 4 is 18.4 Å². The molecule has 0 amide bonds.